The van der Waals surface area contributed by atoms with Crippen LogP contribution in [0.5, 0.6) is 0 Å². The van der Waals surface area contributed by atoms with Gasteiger partial charge in [-0.05, 0) is 30.7 Å². The van der Waals surface area contributed by atoms with Gasteiger partial charge in [0.15, 0.2) is 0 Å². The minimum Gasteiger partial charge on any atom is -0.345 e. The Morgan fingerprint density at radius 1 is 1.30 bits per heavy atom. The molecule has 1 aromatic rings. The molecule has 1 saturated carbocycles. The topological polar surface area (TPSA) is 46.3 Å². The summed E-state index contributed by atoms with van der Waals surface area (Å²) in [4.78, 5) is 14.6. The van der Waals surface area contributed by atoms with Crippen molar-refractivity contribution in [1.82, 2.24) is 4.90 Å². The van der Waals surface area contributed by atoms with Crippen LogP contribution in [-0.4, -0.2) is 30.4 Å². The molecule has 3 heteroatoms. The van der Waals surface area contributed by atoms with Crippen LogP contribution in [0.15, 0.2) is 30.3 Å². The van der Waals surface area contributed by atoms with Gasteiger partial charge in [-0.1, -0.05) is 44.2 Å². The number of amides is 1. The molecule has 3 nitrogen and oxygen atoms in total. The number of carbonyl (C=O) groups excluding carboxylic acids is 1. The smallest absolute Gasteiger partial charge is 0.232 e. The molecule has 110 valence electrons. The van der Waals surface area contributed by atoms with Crippen LogP contribution in [0.1, 0.15) is 38.7 Å². The van der Waals surface area contributed by atoms with E-state index in [0.29, 0.717) is 5.92 Å². The summed E-state index contributed by atoms with van der Waals surface area (Å²) in [6, 6.07) is 10.3. The summed E-state index contributed by atoms with van der Waals surface area (Å²) in [5.74, 6) is 0.710. The second-order valence-electron chi connectivity index (χ2n) is 6.37. The first-order valence-corrected chi connectivity index (χ1v) is 7.54. The molecule has 1 aromatic carbocycles. The predicted molar refractivity (Wildman–Crippen MR) is 82.4 cm³/mol. The van der Waals surface area contributed by atoms with E-state index in [9.17, 15) is 4.79 Å². The Bertz CT molecular complexity index is 451. The first kappa shape index (κ1) is 15.0. The minimum atomic E-state index is -0.252. The summed E-state index contributed by atoms with van der Waals surface area (Å²) >= 11 is 0. The molecule has 0 heterocycles. The summed E-state index contributed by atoms with van der Waals surface area (Å²) in [6.07, 6.45) is 2.80. The summed E-state index contributed by atoms with van der Waals surface area (Å²) in [6.45, 7) is 4.99. The minimum absolute atomic E-state index is 0.164. The van der Waals surface area contributed by atoms with Gasteiger partial charge >= 0.3 is 0 Å². The molecule has 0 radical (unpaired) electrons. The normalized spacial score (nSPS) is 17.9. The fourth-order valence-corrected chi connectivity index (χ4v) is 2.65. The van der Waals surface area contributed by atoms with Crippen molar-refractivity contribution >= 4 is 5.91 Å². The molecular formula is C17H26N2O. The molecule has 0 aliphatic heterocycles. The summed E-state index contributed by atoms with van der Waals surface area (Å²) in [7, 11) is 1.90. The van der Waals surface area contributed by atoms with E-state index in [-0.39, 0.29) is 17.4 Å². The van der Waals surface area contributed by atoms with Gasteiger partial charge in [0.05, 0.1) is 5.41 Å². The van der Waals surface area contributed by atoms with E-state index in [2.05, 4.69) is 26.0 Å². The Morgan fingerprint density at radius 2 is 1.90 bits per heavy atom. The average Bonchev–Trinajstić information content (AvgIpc) is 3.26. The zero-order chi connectivity index (χ0) is 14.8. The van der Waals surface area contributed by atoms with Crippen LogP contribution in [0, 0.1) is 5.92 Å². The van der Waals surface area contributed by atoms with Crippen LogP contribution < -0.4 is 5.73 Å². The van der Waals surface area contributed by atoms with Crippen molar-refractivity contribution in [2.75, 3.05) is 13.6 Å². The maximum absolute atomic E-state index is 12.7. The number of nitrogens with zero attached hydrogens (tertiary/aromatic N) is 1. The Kier molecular flexibility index (Phi) is 4.48. The summed E-state index contributed by atoms with van der Waals surface area (Å²) in [5.41, 5.74) is 6.97. The molecule has 1 atom stereocenters. The molecule has 1 aliphatic rings. The molecule has 0 aromatic heterocycles. The number of nitrogens with two attached hydrogens (primary N) is 1. The number of hydrogen-bond donors (Lipinski definition) is 1. The molecular weight excluding hydrogens is 248 g/mol. The van der Waals surface area contributed by atoms with Gasteiger partial charge in [-0.25, -0.2) is 0 Å². The molecule has 2 N–H and O–H groups in total. The molecule has 20 heavy (non-hydrogen) atoms. The third-order valence-electron chi connectivity index (χ3n) is 4.49. The maximum atomic E-state index is 12.7. The van der Waals surface area contributed by atoms with Crippen molar-refractivity contribution < 1.29 is 4.79 Å². The van der Waals surface area contributed by atoms with Gasteiger partial charge in [0, 0.05) is 19.6 Å². The second kappa shape index (κ2) is 5.96. The molecule has 0 saturated heterocycles. The molecule has 1 amide bonds. The summed E-state index contributed by atoms with van der Waals surface area (Å²) < 4.78 is 0. The van der Waals surface area contributed by atoms with E-state index in [1.807, 2.05) is 30.1 Å². The fourth-order valence-electron chi connectivity index (χ4n) is 2.65. The number of hydrogen-bond acceptors (Lipinski definition) is 2. The van der Waals surface area contributed by atoms with Crippen molar-refractivity contribution in [1.29, 1.82) is 0 Å². The lowest BCUT2D eigenvalue weighted by Crippen LogP contribution is -2.39. The third kappa shape index (κ3) is 3.04. The van der Waals surface area contributed by atoms with Gasteiger partial charge < -0.3 is 10.6 Å². The monoisotopic (exact) mass is 274 g/mol. The highest BCUT2D eigenvalue weighted by Gasteiger charge is 2.52. The van der Waals surface area contributed by atoms with E-state index in [1.54, 1.807) is 0 Å². The Balaban J connectivity index is 1.97. The largest absolute Gasteiger partial charge is 0.345 e. The van der Waals surface area contributed by atoms with Gasteiger partial charge in [0.25, 0.3) is 0 Å². The molecule has 1 aliphatic carbocycles. The standard InChI is InChI=1S/C17H26N2O/c1-13(2)15(18)9-12-19(3)16(20)17(10-11-17)14-7-5-4-6-8-14/h4-8,13,15H,9-12,18H2,1-3H3. The lowest BCUT2D eigenvalue weighted by atomic mass is 9.94. The van der Waals surface area contributed by atoms with Crippen LogP contribution in [0.4, 0.5) is 0 Å². The van der Waals surface area contributed by atoms with Crippen LogP contribution in [0.3, 0.4) is 0 Å². The second-order valence-corrected chi connectivity index (χ2v) is 6.37. The van der Waals surface area contributed by atoms with Crippen LogP contribution in [0.2, 0.25) is 0 Å². The van der Waals surface area contributed by atoms with Crippen molar-refractivity contribution in [3.8, 4) is 0 Å². The van der Waals surface area contributed by atoms with Crippen molar-refractivity contribution in [3.63, 3.8) is 0 Å². The van der Waals surface area contributed by atoms with E-state index in [0.717, 1.165) is 31.4 Å². The maximum Gasteiger partial charge on any atom is 0.232 e. The number of carbonyl (C=O) groups is 1. The number of benzene rings is 1. The van der Waals surface area contributed by atoms with E-state index in [1.165, 1.54) is 0 Å². The van der Waals surface area contributed by atoms with Gasteiger partial charge in [-0.15, -0.1) is 0 Å². The lowest BCUT2D eigenvalue weighted by molar-refractivity contribution is -0.132. The molecule has 1 unspecified atom stereocenters. The first-order valence-electron chi connectivity index (χ1n) is 7.54. The SMILES string of the molecule is CC(C)C(N)CCN(C)C(=O)C1(c2ccccc2)CC1. The van der Waals surface area contributed by atoms with E-state index < -0.39 is 0 Å². The van der Waals surface area contributed by atoms with Crippen molar-refractivity contribution in [2.24, 2.45) is 11.7 Å². The Labute approximate surface area is 122 Å². The molecule has 1 fully saturated rings. The van der Waals surface area contributed by atoms with E-state index in [4.69, 9.17) is 5.73 Å². The Morgan fingerprint density at radius 3 is 2.40 bits per heavy atom. The van der Waals surface area contributed by atoms with Crippen LogP contribution >= 0.6 is 0 Å². The molecule has 0 spiro atoms. The van der Waals surface area contributed by atoms with Crippen molar-refractivity contribution in [3.05, 3.63) is 35.9 Å². The average molecular weight is 274 g/mol. The third-order valence-corrected chi connectivity index (χ3v) is 4.49. The summed E-state index contributed by atoms with van der Waals surface area (Å²) in [5, 5.41) is 0. The highest BCUT2D eigenvalue weighted by Crippen LogP contribution is 2.49. The number of rotatable bonds is 6. The van der Waals surface area contributed by atoms with Gasteiger partial charge in [0.2, 0.25) is 5.91 Å². The van der Waals surface area contributed by atoms with Crippen molar-refractivity contribution in [2.45, 2.75) is 44.6 Å². The Hall–Kier alpha value is -1.35. The molecule has 2 rings (SSSR count). The van der Waals surface area contributed by atoms with Gasteiger partial charge in [-0.2, -0.15) is 0 Å². The van der Waals surface area contributed by atoms with Gasteiger partial charge in [-0.3, -0.25) is 4.79 Å². The molecule has 0 bridgehead atoms. The fraction of sp³-hybridized carbons (Fsp3) is 0.588. The quantitative estimate of drug-likeness (QED) is 0.866. The predicted octanol–water partition coefficient (Wildman–Crippen LogP) is 2.55. The highest BCUT2D eigenvalue weighted by atomic mass is 16.2. The van der Waals surface area contributed by atoms with Gasteiger partial charge in [0.1, 0.15) is 0 Å². The number of likely N-dealkylation sites (N-methyl/N-ethyl adjacent to an activating group) is 1. The first-order chi connectivity index (χ1) is 9.47. The van der Waals surface area contributed by atoms with Crippen LogP contribution in [-0.2, 0) is 10.2 Å². The zero-order valence-electron chi connectivity index (χ0n) is 12.8. The highest BCUT2D eigenvalue weighted by molar-refractivity contribution is 5.91. The van der Waals surface area contributed by atoms with Crippen LogP contribution in [0.25, 0.3) is 0 Å². The lowest BCUT2D eigenvalue weighted by Gasteiger charge is -2.26. The zero-order valence-corrected chi connectivity index (χ0v) is 12.8. The van der Waals surface area contributed by atoms with E-state index >= 15 is 0 Å².